The third kappa shape index (κ3) is 3.88. The van der Waals surface area contributed by atoms with Gasteiger partial charge < -0.3 is 19.8 Å². The van der Waals surface area contributed by atoms with Gasteiger partial charge in [-0.3, -0.25) is 0 Å². The monoisotopic (exact) mass is 511 g/mol. The highest BCUT2D eigenvalue weighted by atomic mass is 15.4. The maximum atomic E-state index is 4.93. The van der Waals surface area contributed by atoms with E-state index in [1.807, 2.05) is 98.4 Å². The highest BCUT2D eigenvalue weighted by Gasteiger charge is 2.32. The topological polar surface area (TPSA) is 86.6 Å². The van der Waals surface area contributed by atoms with Crippen molar-refractivity contribution in [1.82, 2.24) is 14.0 Å². The Bertz CT molecular complexity index is 1680. The van der Waals surface area contributed by atoms with Crippen molar-refractivity contribution in [3.05, 3.63) is 121 Å². The van der Waals surface area contributed by atoms with Crippen LogP contribution in [0.5, 0.6) is 0 Å². The lowest BCUT2D eigenvalue weighted by molar-refractivity contribution is 0.711. The van der Waals surface area contributed by atoms with E-state index in [2.05, 4.69) is 44.0 Å². The van der Waals surface area contributed by atoms with E-state index < -0.39 is 0 Å². The molecule has 3 aliphatic heterocycles. The predicted octanol–water partition coefficient (Wildman–Crippen LogP) is 5.04. The lowest BCUT2D eigenvalue weighted by Crippen LogP contribution is -2.41. The third-order valence-electron chi connectivity index (χ3n) is 6.83. The van der Waals surface area contributed by atoms with E-state index >= 15 is 0 Å². The molecule has 2 aromatic heterocycles. The molecule has 0 fully saturated rings. The highest BCUT2D eigenvalue weighted by Crippen LogP contribution is 2.30. The summed E-state index contributed by atoms with van der Waals surface area (Å²) >= 11 is 0. The van der Waals surface area contributed by atoms with Gasteiger partial charge >= 0.3 is 0 Å². The quantitative estimate of drug-likeness (QED) is 0.380. The molecule has 0 saturated heterocycles. The standard InChI is InChI=1S/C30H25N9/c1-31-24-18-20(37-14-3-4-15-37)10-12-22(24)28-33-26-8-7-9-27-34-29(36-30(35-28)39(26)27)23-13-11-21(19-25(23)32-2)38-16-5-6-17-38/h3-19,31-32H,1-2H3. The predicted molar refractivity (Wildman–Crippen MR) is 158 cm³/mol. The van der Waals surface area contributed by atoms with Crippen molar-refractivity contribution in [2.75, 3.05) is 24.7 Å². The fourth-order valence-electron chi connectivity index (χ4n) is 4.89. The van der Waals surface area contributed by atoms with Crippen LogP contribution < -0.4 is 10.6 Å². The molecule has 5 heterocycles. The van der Waals surface area contributed by atoms with Crippen molar-refractivity contribution < 1.29 is 0 Å². The second kappa shape index (κ2) is 9.14. The van der Waals surface area contributed by atoms with E-state index in [9.17, 15) is 0 Å². The average molecular weight is 512 g/mol. The van der Waals surface area contributed by atoms with E-state index in [0.29, 0.717) is 17.6 Å². The third-order valence-corrected chi connectivity index (χ3v) is 6.83. The van der Waals surface area contributed by atoms with Crippen molar-refractivity contribution in [2.45, 2.75) is 0 Å². The molecule has 0 saturated carbocycles. The summed E-state index contributed by atoms with van der Waals surface area (Å²) in [5.74, 6) is 3.17. The van der Waals surface area contributed by atoms with E-state index in [-0.39, 0.29) is 0 Å². The first-order chi connectivity index (χ1) is 19.2. The normalized spacial score (nSPS) is 15.5. The Morgan fingerprint density at radius 2 is 1.21 bits per heavy atom. The molecule has 39 heavy (non-hydrogen) atoms. The largest absolute Gasteiger partial charge is 0.387 e. The number of aliphatic imine (C=N–C) groups is 4. The summed E-state index contributed by atoms with van der Waals surface area (Å²) < 4.78 is 4.13. The van der Waals surface area contributed by atoms with Crippen LogP contribution in [0.2, 0.25) is 0 Å². The number of anilines is 2. The first-order valence-electron chi connectivity index (χ1n) is 12.7. The van der Waals surface area contributed by atoms with Crippen LogP contribution in [0.1, 0.15) is 11.1 Å². The molecule has 0 unspecified atom stereocenters. The zero-order valence-electron chi connectivity index (χ0n) is 21.4. The maximum Gasteiger partial charge on any atom is 0.241 e. The summed E-state index contributed by atoms with van der Waals surface area (Å²) in [7, 11) is 3.81. The molecule has 9 nitrogen and oxygen atoms in total. The van der Waals surface area contributed by atoms with E-state index in [1.165, 1.54) is 0 Å². The van der Waals surface area contributed by atoms with Gasteiger partial charge in [-0.25, -0.2) is 14.9 Å². The molecule has 4 aromatic rings. The zero-order chi connectivity index (χ0) is 26.3. The molecule has 0 radical (unpaired) electrons. The van der Waals surface area contributed by atoms with E-state index in [0.717, 1.165) is 45.5 Å². The van der Waals surface area contributed by atoms with Gasteiger partial charge in [0.25, 0.3) is 0 Å². The number of guanidine groups is 1. The number of benzene rings is 2. The Hall–Kier alpha value is -5.44. The SMILES string of the molecule is CNc1cc(-n2cccc2)ccc1C1=NC2=CC=CC3=NC(c4ccc(-n5cccc5)cc4NC)=NC(=N1)N23. The molecule has 0 bridgehead atoms. The minimum Gasteiger partial charge on any atom is -0.387 e. The van der Waals surface area contributed by atoms with Gasteiger partial charge in [0, 0.05) is 72.8 Å². The molecule has 9 heteroatoms. The van der Waals surface area contributed by atoms with Crippen LogP contribution >= 0.6 is 0 Å². The Kier molecular flexibility index (Phi) is 5.33. The molecule has 0 atom stereocenters. The van der Waals surface area contributed by atoms with Crippen molar-refractivity contribution in [3.8, 4) is 11.4 Å². The van der Waals surface area contributed by atoms with Crippen molar-refractivity contribution >= 4 is 34.8 Å². The van der Waals surface area contributed by atoms with Crippen molar-refractivity contribution in [3.63, 3.8) is 0 Å². The van der Waals surface area contributed by atoms with Gasteiger partial charge in [0.15, 0.2) is 11.7 Å². The number of nitrogens with zero attached hydrogens (tertiary/aromatic N) is 7. The van der Waals surface area contributed by atoms with Gasteiger partial charge in [-0.2, -0.15) is 9.98 Å². The summed E-state index contributed by atoms with van der Waals surface area (Å²) in [5.41, 5.74) is 5.74. The summed E-state index contributed by atoms with van der Waals surface area (Å²) in [4.78, 5) is 21.5. The number of amidine groups is 3. The van der Waals surface area contributed by atoms with Crippen LogP contribution in [0.4, 0.5) is 11.4 Å². The number of rotatable bonds is 6. The van der Waals surface area contributed by atoms with Gasteiger partial charge in [0.05, 0.1) is 0 Å². The molecule has 0 spiro atoms. The fourth-order valence-corrected chi connectivity index (χ4v) is 4.89. The molecular formula is C30H25N9. The average Bonchev–Trinajstić information content (AvgIpc) is 3.72. The fraction of sp³-hybridized carbons (Fsp3) is 0.0667. The van der Waals surface area contributed by atoms with Crippen LogP contribution in [0.25, 0.3) is 11.4 Å². The van der Waals surface area contributed by atoms with Gasteiger partial charge in [-0.1, -0.05) is 6.08 Å². The maximum absolute atomic E-state index is 4.93. The highest BCUT2D eigenvalue weighted by molar-refractivity contribution is 6.26. The molecule has 3 aliphatic rings. The van der Waals surface area contributed by atoms with E-state index in [1.54, 1.807) is 0 Å². The van der Waals surface area contributed by atoms with Crippen LogP contribution in [0.3, 0.4) is 0 Å². The Morgan fingerprint density at radius 1 is 0.641 bits per heavy atom. The van der Waals surface area contributed by atoms with Gasteiger partial charge in [0.2, 0.25) is 5.96 Å². The number of nitrogens with one attached hydrogen (secondary N) is 2. The molecule has 0 amide bonds. The van der Waals surface area contributed by atoms with Crippen LogP contribution in [0, 0.1) is 0 Å². The summed E-state index contributed by atoms with van der Waals surface area (Å²) in [6.45, 7) is 0. The molecule has 7 rings (SSSR count). The van der Waals surface area contributed by atoms with Gasteiger partial charge in [-0.15, -0.1) is 0 Å². The summed E-state index contributed by atoms with van der Waals surface area (Å²) in [6.07, 6.45) is 13.9. The smallest absolute Gasteiger partial charge is 0.241 e. The molecule has 190 valence electrons. The molecule has 2 N–H and O–H groups in total. The Balaban J connectivity index is 1.31. The molecule has 0 aliphatic carbocycles. The van der Waals surface area contributed by atoms with Gasteiger partial charge in [0.1, 0.15) is 11.7 Å². The second-order valence-corrected chi connectivity index (χ2v) is 9.11. The lowest BCUT2D eigenvalue weighted by atomic mass is 10.1. The second-order valence-electron chi connectivity index (χ2n) is 9.11. The van der Waals surface area contributed by atoms with Crippen LogP contribution in [-0.2, 0) is 0 Å². The van der Waals surface area contributed by atoms with Crippen LogP contribution in [-0.4, -0.2) is 51.6 Å². The minimum atomic E-state index is 0.531. The first kappa shape index (κ1) is 22.7. The van der Waals surface area contributed by atoms with Crippen LogP contribution in [0.15, 0.2) is 129 Å². The number of hydrogen-bond donors (Lipinski definition) is 2. The Morgan fingerprint density at radius 3 is 1.77 bits per heavy atom. The Labute approximate surface area is 225 Å². The summed E-state index contributed by atoms with van der Waals surface area (Å²) in [6, 6.07) is 20.4. The van der Waals surface area contributed by atoms with Crippen molar-refractivity contribution in [1.29, 1.82) is 0 Å². The first-order valence-corrected chi connectivity index (χ1v) is 12.7. The van der Waals surface area contributed by atoms with Crippen molar-refractivity contribution in [2.24, 2.45) is 20.0 Å². The number of hydrogen-bond acceptors (Lipinski definition) is 7. The molecular weight excluding hydrogens is 486 g/mol. The summed E-state index contributed by atoms with van der Waals surface area (Å²) in [5, 5.41) is 6.62. The minimum absolute atomic E-state index is 0.531. The number of allylic oxidation sites excluding steroid dienone is 2. The van der Waals surface area contributed by atoms with Gasteiger partial charge in [-0.05, 0) is 72.8 Å². The number of aromatic nitrogens is 2. The zero-order valence-corrected chi connectivity index (χ0v) is 21.4. The van der Waals surface area contributed by atoms with E-state index in [4.69, 9.17) is 20.0 Å². The lowest BCUT2D eigenvalue weighted by Gasteiger charge is -2.31. The molecule has 2 aromatic carbocycles.